The van der Waals surface area contributed by atoms with Crippen molar-refractivity contribution in [2.45, 2.75) is 45.6 Å². The second-order valence-electron chi connectivity index (χ2n) is 4.53. The van der Waals surface area contributed by atoms with Gasteiger partial charge in [0.1, 0.15) is 0 Å². The molecule has 1 atom stereocenters. The summed E-state index contributed by atoms with van der Waals surface area (Å²) in [5.74, 6) is 2.27. The van der Waals surface area contributed by atoms with E-state index in [2.05, 4.69) is 38.1 Å². The Morgan fingerprint density at radius 1 is 1.12 bits per heavy atom. The van der Waals surface area contributed by atoms with Gasteiger partial charge in [-0.1, -0.05) is 51.0 Å². The molecule has 0 radical (unpaired) electrons. The fraction of sp³-hybridized carbons (Fsp3) is 0.600. The fourth-order valence-corrected chi connectivity index (χ4v) is 2.88. The molecule has 0 aromatic heterocycles. The van der Waals surface area contributed by atoms with Crippen LogP contribution in [-0.4, -0.2) is 11.5 Å². The maximum absolute atomic E-state index is 6.18. The van der Waals surface area contributed by atoms with Gasteiger partial charge in [0, 0.05) is 11.8 Å². The molecule has 0 spiro atoms. The first-order valence-electron chi connectivity index (χ1n) is 6.70. The molecule has 0 saturated heterocycles. The Kier molecular flexibility index (Phi) is 7.38. The van der Waals surface area contributed by atoms with Crippen molar-refractivity contribution in [1.29, 1.82) is 0 Å². The van der Waals surface area contributed by atoms with Gasteiger partial charge in [-0.3, -0.25) is 0 Å². The van der Waals surface area contributed by atoms with Gasteiger partial charge in [0.25, 0.3) is 0 Å². The van der Waals surface area contributed by atoms with E-state index in [9.17, 15) is 0 Å². The number of hydrogen-bond acceptors (Lipinski definition) is 2. The quantitative estimate of drug-likeness (QED) is 0.702. The van der Waals surface area contributed by atoms with Crippen LogP contribution in [0.15, 0.2) is 24.3 Å². The van der Waals surface area contributed by atoms with E-state index in [1.54, 1.807) is 0 Å². The van der Waals surface area contributed by atoms with Gasteiger partial charge in [0.05, 0.1) is 0 Å². The van der Waals surface area contributed by atoms with Crippen LogP contribution in [0.4, 0.5) is 0 Å². The van der Waals surface area contributed by atoms with Crippen LogP contribution >= 0.6 is 11.8 Å². The molecule has 1 aromatic carbocycles. The SMILES string of the molecule is CCCCSCC(N)c1ccc(CCC)cc1. The summed E-state index contributed by atoms with van der Waals surface area (Å²) < 4.78 is 0. The smallest absolute Gasteiger partial charge is 0.0386 e. The van der Waals surface area contributed by atoms with Gasteiger partial charge in [-0.25, -0.2) is 0 Å². The van der Waals surface area contributed by atoms with E-state index in [0.29, 0.717) is 0 Å². The average molecular weight is 251 g/mol. The first-order valence-corrected chi connectivity index (χ1v) is 7.85. The van der Waals surface area contributed by atoms with Crippen molar-refractivity contribution in [2.24, 2.45) is 5.73 Å². The van der Waals surface area contributed by atoms with Crippen LogP contribution in [0, 0.1) is 0 Å². The minimum absolute atomic E-state index is 0.188. The largest absolute Gasteiger partial charge is 0.323 e. The number of thioether (sulfide) groups is 1. The lowest BCUT2D eigenvalue weighted by molar-refractivity contribution is 0.824. The fourth-order valence-electron chi connectivity index (χ4n) is 1.77. The number of aryl methyl sites for hydroxylation is 1. The van der Waals surface area contributed by atoms with Crippen molar-refractivity contribution in [2.75, 3.05) is 11.5 Å². The maximum Gasteiger partial charge on any atom is 0.0386 e. The molecule has 0 bridgehead atoms. The van der Waals surface area contributed by atoms with Crippen LogP contribution in [0.1, 0.15) is 50.3 Å². The zero-order chi connectivity index (χ0) is 12.5. The molecule has 0 aliphatic heterocycles. The molecule has 0 saturated carbocycles. The van der Waals surface area contributed by atoms with Crippen molar-refractivity contribution in [3.8, 4) is 0 Å². The Balaban J connectivity index is 2.37. The van der Waals surface area contributed by atoms with Gasteiger partial charge >= 0.3 is 0 Å². The molecular weight excluding hydrogens is 226 g/mol. The summed E-state index contributed by atoms with van der Waals surface area (Å²) >= 11 is 1.97. The van der Waals surface area contributed by atoms with Gasteiger partial charge in [-0.15, -0.1) is 0 Å². The Labute approximate surface area is 110 Å². The van der Waals surface area contributed by atoms with E-state index in [1.807, 2.05) is 11.8 Å². The van der Waals surface area contributed by atoms with Gasteiger partial charge < -0.3 is 5.73 Å². The third-order valence-electron chi connectivity index (χ3n) is 2.89. The van der Waals surface area contributed by atoms with Crippen LogP contribution < -0.4 is 5.73 Å². The number of rotatable bonds is 8. The Bertz CT molecular complexity index is 294. The molecule has 0 amide bonds. The maximum atomic E-state index is 6.18. The monoisotopic (exact) mass is 251 g/mol. The molecule has 17 heavy (non-hydrogen) atoms. The Hall–Kier alpha value is -0.470. The van der Waals surface area contributed by atoms with E-state index in [1.165, 1.54) is 42.6 Å². The molecular formula is C15H25NS. The van der Waals surface area contributed by atoms with Crippen LogP contribution in [0.5, 0.6) is 0 Å². The van der Waals surface area contributed by atoms with Crippen molar-refractivity contribution in [1.82, 2.24) is 0 Å². The van der Waals surface area contributed by atoms with E-state index in [4.69, 9.17) is 5.73 Å². The second-order valence-corrected chi connectivity index (χ2v) is 5.68. The summed E-state index contributed by atoms with van der Waals surface area (Å²) in [6.07, 6.45) is 4.94. The van der Waals surface area contributed by atoms with E-state index in [0.717, 1.165) is 5.75 Å². The van der Waals surface area contributed by atoms with Gasteiger partial charge in [-0.05, 0) is 29.7 Å². The first-order chi connectivity index (χ1) is 8.27. The van der Waals surface area contributed by atoms with Crippen LogP contribution in [0.3, 0.4) is 0 Å². The number of hydrogen-bond donors (Lipinski definition) is 1. The number of benzene rings is 1. The highest BCUT2D eigenvalue weighted by Gasteiger charge is 2.05. The summed E-state index contributed by atoms with van der Waals surface area (Å²) in [6.45, 7) is 4.44. The highest BCUT2D eigenvalue weighted by Crippen LogP contribution is 2.18. The number of unbranched alkanes of at least 4 members (excludes halogenated alkanes) is 1. The third kappa shape index (κ3) is 5.60. The van der Waals surface area contributed by atoms with E-state index in [-0.39, 0.29) is 6.04 Å². The lowest BCUT2D eigenvalue weighted by Crippen LogP contribution is -2.13. The zero-order valence-electron chi connectivity index (χ0n) is 11.1. The lowest BCUT2D eigenvalue weighted by Gasteiger charge is -2.12. The van der Waals surface area contributed by atoms with Gasteiger partial charge in [0.15, 0.2) is 0 Å². The summed E-state index contributed by atoms with van der Waals surface area (Å²) in [6, 6.07) is 9.00. The summed E-state index contributed by atoms with van der Waals surface area (Å²) in [7, 11) is 0. The van der Waals surface area contributed by atoms with Crippen molar-refractivity contribution < 1.29 is 0 Å². The molecule has 1 nitrogen and oxygen atoms in total. The molecule has 2 N–H and O–H groups in total. The van der Waals surface area contributed by atoms with Crippen molar-refractivity contribution in [3.05, 3.63) is 35.4 Å². The van der Waals surface area contributed by atoms with Crippen molar-refractivity contribution in [3.63, 3.8) is 0 Å². The standard InChI is InChI=1S/C15H25NS/c1-3-5-11-17-12-15(16)14-9-7-13(6-4-2)8-10-14/h7-10,15H,3-6,11-12,16H2,1-2H3. The third-order valence-corrected chi connectivity index (χ3v) is 4.06. The second kappa shape index (κ2) is 8.60. The highest BCUT2D eigenvalue weighted by molar-refractivity contribution is 7.99. The zero-order valence-corrected chi connectivity index (χ0v) is 11.9. The normalized spacial score (nSPS) is 12.6. The minimum atomic E-state index is 0.188. The van der Waals surface area contributed by atoms with Crippen LogP contribution in [0.25, 0.3) is 0 Å². The first kappa shape index (κ1) is 14.6. The van der Waals surface area contributed by atoms with Crippen LogP contribution in [0.2, 0.25) is 0 Å². The molecule has 0 aliphatic carbocycles. The molecule has 2 heteroatoms. The molecule has 1 aromatic rings. The molecule has 96 valence electrons. The molecule has 0 aliphatic rings. The Morgan fingerprint density at radius 3 is 2.41 bits per heavy atom. The van der Waals surface area contributed by atoms with Crippen molar-refractivity contribution >= 4 is 11.8 Å². The summed E-state index contributed by atoms with van der Waals surface area (Å²) in [4.78, 5) is 0. The van der Waals surface area contributed by atoms with E-state index >= 15 is 0 Å². The predicted octanol–water partition coefficient (Wildman–Crippen LogP) is 4.17. The molecule has 0 fully saturated rings. The molecule has 1 unspecified atom stereocenters. The van der Waals surface area contributed by atoms with Gasteiger partial charge in [-0.2, -0.15) is 11.8 Å². The minimum Gasteiger partial charge on any atom is -0.323 e. The Morgan fingerprint density at radius 2 is 1.82 bits per heavy atom. The average Bonchev–Trinajstić information content (AvgIpc) is 2.36. The molecule has 0 heterocycles. The molecule has 1 rings (SSSR count). The van der Waals surface area contributed by atoms with Gasteiger partial charge in [0.2, 0.25) is 0 Å². The highest BCUT2D eigenvalue weighted by atomic mass is 32.2. The summed E-state index contributed by atoms with van der Waals surface area (Å²) in [5.41, 5.74) is 8.87. The topological polar surface area (TPSA) is 26.0 Å². The van der Waals surface area contributed by atoms with E-state index < -0.39 is 0 Å². The van der Waals surface area contributed by atoms with Crippen LogP contribution in [-0.2, 0) is 6.42 Å². The number of nitrogens with two attached hydrogens (primary N) is 1. The predicted molar refractivity (Wildman–Crippen MR) is 79.6 cm³/mol. The lowest BCUT2D eigenvalue weighted by atomic mass is 10.0. The summed E-state index contributed by atoms with van der Waals surface area (Å²) in [5, 5.41) is 0.